The highest BCUT2D eigenvalue weighted by Gasteiger charge is 2.18. The fraction of sp³-hybridized carbons (Fsp3) is 1.00. The molecule has 4 heteroatoms. The Morgan fingerprint density at radius 3 is 2.00 bits per heavy atom. The van der Waals surface area contributed by atoms with Crippen LogP contribution in [-0.2, 0) is 10.0 Å². The minimum absolute atomic E-state index is 0.0136. The van der Waals surface area contributed by atoms with Crippen molar-refractivity contribution in [2.45, 2.75) is 60.4 Å². The minimum Gasteiger partial charge on any atom is -0.212 e. The molecule has 0 aromatic heterocycles. The van der Waals surface area contributed by atoms with E-state index in [-0.39, 0.29) is 17.2 Å². The summed E-state index contributed by atoms with van der Waals surface area (Å²) in [6.07, 6.45) is 1.66. The molecule has 0 unspecified atom stereocenters. The van der Waals surface area contributed by atoms with Crippen molar-refractivity contribution in [3.05, 3.63) is 0 Å². The van der Waals surface area contributed by atoms with Gasteiger partial charge in [0.1, 0.15) is 0 Å². The van der Waals surface area contributed by atoms with Crippen LogP contribution in [0.4, 0.5) is 0 Å². The highest BCUT2D eigenvalue weighted by atomic mass is 32.2. The first kappa shape index (κ1) is 15.9. The zero-order valence-corrected chi connectivity index (χ0v) is 12.3. The molecule has 0 saturated heterocycles. The van der Waals surface area contributed by atoms with Gasteiger partial charge in [-0.3, -0.25) is 0 Å². The van der Waals surface area contributed by atoms with E-state index in [9.17, 15) is 8.42 Å². The maximum atomic E-state index is 11.7. The molecule has 0 aromatic rings. The summed E-state index contributed by atoms with van der Waals surface area (Å²) in [6, 6.07) is 0.0136. The van der Waals surface area contributed by atoms with Gasteiger partial charge in [-0.05, 0) is 31.1 Å². The molecular formula is C12H27NO2S. The van der Waals surface area contributed by atoms with Crippen molar-refractivity contribution < 1.29 is 8.42 Å². The Morgan fingerprint density at radius 1 is 1.12 bits per heavy atom. The number of hydrogen-bond acceptors (Lipinski definition) is 2. The van der Waals surface area contributed by atoms with Crippen LogP contribution in [0.25, 0.3) is 0 Å². The van der Waals surface area contributed by atoms with Crippen LogP contribution in [0.1, 0.15) is 54.4 Å². The Labute approximate surface area is 101 Å². The Balaban J connectivity index is 4.07. The van der Waals surface area contributed by atoms with Gasteiger partial charge in [-0.2, -0.15) is 0 Å². The SMILES string of the molecule is CC(C)[C@@H](C)NS(=O)(=O)CCCC(C)(C)C. The molecule has 0 rings (SSSR count). The Bertz CT molecular complexity index is 289. The lowest BCUT2D eigenvalue weighted by molar-refractivity contribution is 0.372. The zero-order valence-electron chi connectivity index (χ0n) is 11.5. The molecule has 3 nitrogen and oxygen atoms in total. The first-order valence-corrected chi connectivity index (χ1v) is 7.69. The standard InChI is InChI=1S/C12H27NO2S/c1-10(2)11(3)13-16(14,15)9-7-8-12(4,5)6/h10-11,13H,7-9H2,1-6H3/t11-/m1/s1. The molecule has 16 heavy (non-hydrogen) atoms. The second-order valence-electron chi connectivity index (χ2n) is 6.13. The number of nitrogens with one attached hydrogen (secondary N) is 1. The van der Waals surface area contributed by atoms with Gasteiger partial charge in [-0.15, -0.1) is 0 Å². The number of hydrogen-bond donors (Lipinski definition) is 1. The average molecular weight is 249 g/mol. The van der Waals surface area contributed by atoms with Gasteiger partial charge < -0.3 is 0 Å². The monoisotopic (exact) mass is 249 g/mol. The molecule has 1 N–H and O–H groups in total. The van der Waals surface area contributed by atoms with Crippen molar-refractivity contribution in [2.75, 3.05) is 5.75 Å². The van der Waals surface area contributed by atoms with E-state index >= 15 is 0 Å². The summed E-state index contributed by atoms with van der Waals surface area (Å²) < 4.78 is 26.2. The second kappa shape index (κ2) is 6.01. The fourth-order valence-electron chi connectivity index (χ4n) is 1.27. The van der Waals surface area contributed by atoms with Crippen LogP contribution < -0.4 is 4.72 Å². The Kier molecular flexibility index (Phi) is 5.98. The predicted molar refractivity (Wildman–Crippen MR) is 69.9 cm³/mol. The maximum absolute atomic E-state index is 11.7. The molecular weight excluding hydrogens is 222 g/mol. The second-order valence-corrected chi connectivity index (χ2v) is 8.01. The Morgan fingerprint density at radius 2 is 1.62 bits per heavy atom. The molecule has 0 aliphatic carbocycles. The van der Waals surface area contributed by atoms with Crippen LogP contribution in [0, 0.1) is 11.3 Å². The first-order valence-electron chi connectivity index (χ1n) is 6.03. The van der Waals surface area contributed by atoms with Gasteiger partial charge in [0.25, 0.3) is 0 Å². The molecule has 0 heterocycles. The summed E-state index contributed by atoms with van der Waals surface area (Å²) in [5, 5.41) is 0. The van der Waals surface area contributed by atoms with Crippen LogP contribution in [0.3, 0.4) is 0 Å². The van der Waals surface area contributed by atoms with E-state index in [2.05, 4.69) is 25.5 Å². The van der Waals surface area contributed by atoms with Gasteiger partial charge in [0, 0.05) is 6.04 Å². The van der Waals surface area contributed by atoms with Crippen LogP contribution in [0.15, 0.2) is 0 Å². The van der Waals surface area contributed by atoms with E-state index in [1.54, 1.807) is 0 Å². The lowest BCUT2D eigenvalue weighted by Gasteiger charge is -2.20. The molecule has 0 aliphatic rings. The topological polar surface area (TPSA) is 46.2 Å². The summed E-state index contributed by atoms with van der Waals surface area (Å²) in [7, 11) is -3.10. The lowest BCUT2D eigenvalue weighted by Crippen LogP contribution is -2.37. The van der Waals surface area contributed by atoms with Gasteiger partial charge in [0.2, 0.25) is 10.0 Å². The molecule has 0 bridgehead atoms. The van der Waals surface area contributed by atoms with Crippen LogP contribution in [0.5, 0.6) is 0 Å². The van der Waals surface area contributed by atoms with E-state index in [4.69, 9.17) is 0 Å². The van der Waals surface area contributed by atoms with E-state index in [1.165, 1.54) is 0 Å². The molecule has 0 aromatic carbocycles. The molecule has 0 radical (unpaired) electrons. The van der Waals surface area contributed by atoms with Gasteiger partial charge >= 0.3 is 0 Å². The van der Waals surface area contributed by atoms with Gasteiger partial charge in [0.15, 0.2) is 0 Å². The van der Waals surface area contributed by atoms with Gasteiger partial charge in [0.05, 0.1) is 5.75 Å². The summed E-state index contributed by atoms with van der Waals surface area (Å²) in [5.41, 5.74) is 0.208. The van der Waals surface area contributed by atoms with E-state index in [1.807, 2.05) is 20.8 Å². The summed E-state index contributed by atoms with van der Waals surface area (Å²) in [6.45, 7) is 12.3. The van der Waals surface area contributed by atoms with Crippen molar-refractivity contribution in [1.29, 1.82) is 0 Å². The van der Waals surface area contributed by atoms with E-state index < -0.39 is 10.0 Å². The third-order valence-corrected chi connectivity index (χ3v) is 4.26. The molecule has 0 aliphatic heterocycles. The minimum atomic E-state index is -3.10. The Hall–Kier alpha value is -0.0900. The highest BCUT2D eigenvalue weighted by Crippen LogP contribution is 2.20. The van der Waals surface area contributed by atoms with Crippen LogP contribution in [-0.4, -0.2) is 20.2 Å². The van der Waals surface area contributed by atoms with Gasteiger partial charge in [-0.1, -0.05) is 34.6 Å². The van der Waals surface area contributed by atoms with Crippen molar-refractivity contribution >= 4 is 10.0 Å². The average Bonchev–Trinajstić information content (AvgIpc) is 1.99. The van der Waals surface area contributed by atoms with Crippen LogP contribution >= 0.6 is 0 Å². The summed E-state index contributed by atoms with van der Waals surface area (Å²) in [4.78, 5) is 0. The summed E-state index contributed by atoms with van der Waals surface area (Å²) >= 11 is 0. The number of sulfonamides is 1. The molecule has 0 spiro atoms. The normalized spacial score (nSPS) is 15.4. The molecule has 0 amide bonds. The molecule has 0 fully saturated rings. The summed E-state index contributed by atoms with van der Waals surface area (Å²) in [5.74, 6) is 0.568. The number of rotatable bonds is 6. The van der Waals surface area contributed by atoms with E-state index in [0.29, 0.717) is 5.92 Å². The van der Waals surface area contributed by atoms with Crippen molar-refractivity contribution in [3.63, 3.8) is 0 Å². The smallest absolute Gasteiger partial charge is 0.211 e. The molecule has 0 saturated carbocycles. The molecule has 98 valence electrons. The van der Waals surface area contributed by atoms with Crippen molar-refractivity contribution in [2.24, 2.45) is 11.3 Å². The third-order valence-electron chi connectivity index (χ3n) is 2.71. The quantitative estimate of drug-likeness (QED) is 0.787. The largest absolute Gasteiger partial charge is 0.212 e. The molecule has 1 atom stereocenters. The zero-order chi connectivity index (χ0) is 13.0. The maximum Gasteiger partial charge on any atom is 0.211 e. The van der Waals surface area contributed by atoms with E-state index in [0.717, 1.165) is 12.8 Å². The van der Waals surface area contributed by atoms with Crippen molar-refractivity contribution in [3.8, 4) is 0 Å². The highest BCUT2D eigenvalue weighted by molar-refractivity contribution is 7.89. The van der Waals surface area contributed by atoms with Gasteiger partial charge in [-0.25, -0.2) is 13.1 Å². The predicted octanol–water partition coefficient (Wildman–Crippen LogP) is 2.78. The van der Waals surface area contributed by atoms with Crippen LogP contribution in [0.2, 0.25) is 0 Å². The first-order chi connectivity index (χ1) is 7.03. The van der Waals surface area contributed by atoms with Crippen molar-refractivity contribution in [1.82, 2.24) is 4.72 Å². The lowest BCUT2D eigenvalue weighted by atomic mass is 9.91. The third kappa shape index (κ3) is 8.11. The fourth-order valence-corrected chi connectivity index (χ4v) is 2.75.